The van der Waals surface area contributed by atoms with Crippen LogP contribution in [0.1, 0.15) is 30.0 Å². The van der Waals surface area contributed by atoms with Gasteiger partial charge in [-0.3, -0.25) is 9.59 Å². The van der Waals surface area contributed by atoms with Crippen molar-refractivity contribution in [2.24, 2.45) is 11.0 Å². The van der Waals surface area contributed by atoms with E-state index in [1.807, 2.05) is 11.8 Å². The van der Waals surface area contributed by atoms with Crippen LogP contribution >= 0.6 is 11.6 Å². The molecule has 4 rings (SSSR count). The summed E-state index contributed by atoms with van der Waals surface area (Å²) in [4.78, 5) is 27.0. The molecule has 0 aromatic heterocycles. The van der Waals surface area contributed by atoms with Crippen molar-refractivity contribution in [1.29, 1.82) is 0 Å². The van der Waals surface area contributed by atoms with Gasteiger partial charge in [0.2, 0.25) is 5.91 Å². The minimum Gasteiger partial charge on any atom is -0.341 e. The Morgan fingerprint density at radius 1 is 1.31 bits per heavy atom. The molecular formula is C21H20ClFN4O2. The third-order valence-corrected chi connectivity index (χ3v) is 5.57. The van der Waals surface area contributed by atoms with Gasteiger partial charge in [0.1, 0.15) is 18.2 Å². The predicted molar refractivity (Wildman–Crippen MR) is 109 cm³/mol. The van der Waals surface area contributed by atoms with Gasteiger partial charge in [-0.1, -0.05) is 23.7 Å². The van der Waals surface area contributed by atoms with Gasteiger partial charge in [-0.2, -0.15) is 5.10 Å². The molecule has 0 bridgehead atoms. The van der Waals surface area contributed by atoms with Crippen molar-refractivity contribution in [1.82, 2.24) is 10.3 Å². The molecule has 2 amide bonds. The van der Waals surface area contributed by atoms with Crippen LogP contribution in [0.3, 0.4) is 0 Å². The zero-order valence-corrected chi connectivity index (χ0v) is 16.5. The number of benzene rings is 2. The molecule has 0 radical (unpaired) electrons. The third kappa shape index (κ3) is 3.96. The summed E-state index contributed by atoms with van der Waals surface area (Å²) in [6, 6.07) is 10.9. The smallest absolute Gasteiger partial charge is 0.259 e. The van der Waals surface area contributed by atoms with Crippen LogP contribution in [0.15, 0.2) is 47.6 Å². The van der Waals surface area contributed by atoms with Gasteiger partial charge in [-0.15, -0.1) is 0 Å². The van der Waals surface area contributed by atoms with Crippen molar-refractivity contribution >= 4 is 34.9 Å². The summed E-state index contributed by atoms with van der Waals surface area (Å²) in [6.45, 7) is 1.94. The second-order valence-electron chi connectivity index (χ2n) is 7.28. The summed E-state index contributed by atoms with van der Waals surface area (Å²) in [5.74, 6) is -0.635. The van der Waals surface area contributed by atoms with Gasteiger partial charge in [0.15, 0.2) is 0 Å². The van der Waals surface area contributed by atoms with Gasteiger partial charge in [0.05, 0.1) is 12.0 Å². The molecule has 1 saturated heterocycles. The van der Waals surface area contributed by atoms with Crippen LogP contribution in [0, 0.1) is 18.7 Å². The number of fused-ring (bicyclic) bond motifs is 1. The number of piperidine rings is 1. The van der Waals surface area contributed by atoms with Crippen molar-refractivity contribution < 1.29 is 14.0 Å². The van der Waals surface area contributed by atoms with Gasteiger partial charge in [0, 0.05) is 17.1 Å². The Bertz CT molecular complexity index is 1010. The Balaban J connectivity index is 1.72. The zero-order chi connectivity index (χ0) is 20.5. The Labute approximate surface area is 172 Å². The Morgan fingerprint density at radius 2 is 2.14 bits per heavy atom. The minimum atomic E-state index is -0.497. The maximum absolute atomic E-state index is 14.1. The summed E-state index contributed by atoms with van der Waals surface area (Å²) in [5.41, 5.74) is 4.61. The van der Waals surface area contributed by atoms with E-state index in [0.29, 0.717) is 35.0 Å². The number of amides is 2. The quantitative estimate of drug-likeness (QED) is 0.805. The van der Waals surface area contributed by atoms with Crippen molar-refractivity contribution in [3.63, 3.8) is 0 Å². The van der Waals surface area contributed by atoms with Crippen LogP contribution in [-0.2, 0) is 9.59 Å². The predicted octanol–water partition coefficient (Wildman–Crippen LogP) is 3.62. The van der Waals surface area contributed by atoms with Crippen LogP contribution in [0.25, 0.3) is 0 Å². The second kappa shape index (κ2) is 7.83. The average molecular weight is 415 g/mol. The molecule has 2 aliphatic rings. The first-order valence-electron chi connectivity index (χ1n) is 9.37. The number of nitrogens with one attached hydrogen (secondary N) is 2. The molecule has 8 heteroatoms. The number of carbonyl (C=O) groups excluding carboxylic acids is 2. The Kier molecular flexibility index (Phi) is 5.24. The molecule has 2 atom stereocenters. The van der Waals surface area contributed by atoms with Crippen molar-refractivity contribution in [2.75, 3.05) is 11.9 Å². The van der Waals surface area contributed by atoms with E-state index in [9.17, 15) is 14.0 Å². The Hall–Kier alpha value is -2.93. The molecule has 2 heterocycles. The molecule has 0 unspecified atom stereocenters. The number of nitrogens with zero attached hydrogens (tertiary/aromatic N) is 2. The van der Waals surface area contributed by atoms with Gasteiger partial charge in [0.25, 0.3) is 5.91 Å². The van der Waals surface area contributed by atoms with E-state index in [1.165, 1.54) is 12.1 Å². The molecule has 2 N–H and O–H groups in total. The second-order valence-corrected chi connectivity index (χ2v) is 7.72. The summed E-state index contributed by atoms with van der Waals surface area (Å²) < 4.78 is 14.1. The normalized spacial score (nSPS) is 21.1. The third-order valence-electron chi connectivity index (χ3n) is 5.34. The summed E-state index contributed by atoms with van der Waals surface area (Å²) in [6.07, 6.45) is 1.07. The number of rotatable bonds is 3. The number of aryl methyl sites for hydroxylation is 1. The van der Waals surface area contributed by atoms with Crippen LogP contribution in [0.4, 0.5) is 10.1 Å². The SMILES string of the molecule is Cc1ccc(F)cc1[C@@H]1[C@@H](C(=O)Nc2cccc(Cl)c2)CCC2=NNC(=O)CN21. The molecule has 0 spiro atoms. The topological polar surface area (TPSA) is 73.8 Å². The highest BCUT2D eigenvalue weighted by Gasteiger charge is 2.42. The molecule has 2 aliphatic heterocycles. The lowest BCUT2D eigenvalue weighted by molar-refractivity contribution is -0.126. The first-order chi connectivity index (χ1) is 13.9. The number of hydrazone groups is 1. The Morgan fingerprint density at radius 3 is 2.93 bits per heavy atom. The lowest BCUT2D eigenvalue weighted by Gasteiger charge is -2.44. The summed E-state index contributed by atoms with van der Waals surface area (Å²) in [7, 11) is 0. The number of anilines is 1. The molecular weight excluding hydrogens is 395 g/mol. The lowest BCUT2D eigenvalue weighted by Crippen LogP contribution is -2.53. The molecule has 29 heavy (non-hydrogen) atoms. The molecule has 2 aromatic carbocycles. The molecule has 6 nitrogen and oxygen atoms in total. The number of halogens is 2. The minimum absolute atomic E-state index is 0.0698. The highest BCUT2D eigenvalue weighted by Crippen LogP contribution is 2.40. The number of carbonyl (C=O) groups is 2. The molecule has 0 saturated carbocycles. The molecule has 150 valence electrons. The first-order valence-corrected chi connectivity index (χ1v) is 9.74. The van der Waals surface area contributed by atoms with Crippen molar-refractivity contribution in [3.8, 4) is 0 Å². The maximum Gasteiger partial charge on any atom is 0.259 e. The lowest BCUT2D eigenvalue weighted by atomic mass is 9.81. The van der Waals surface area contributed by atoms with Gasteiger partial charge < -0.3 is 10.2 Å². The van der Waals surface area contributed by atoms with E-state index in [4.69, 9.17) is 11.6 Å². The van der Waals surface area contributed by atoms with Crippen LogP contribution in [0.5, 0.6) is 0 Å². The van der Waals surface area contributed by atoms with Gasteiger partial charge in [-0.25, -0.2) is 9.82 Å². The van der Waals surface area contributed by atoms with Crippen LogP contribution in [0.2, 0.25) is 5.02 Å². The van der Waals surface area contributed by atoms with Crippen molar-refractivity contribution in [2.45, 2.75) is 25.8 Å². The maximum atomic E-state index is 14.1. The van der Waals surface area contributed by atoms with Gasteiger partial charge in [-0.05, 0) is 54.8 Å². The largest absolute Gasteiger partial charge is 0.341 e. The van der Waals surface area contributed by atoms with E-state index >= 15 is 0 Å². The molecule has 0 aliphatic carbocycles. The van der Waals surface area contributed by atoms with E-state index in [0.717, 1.165) is 5.56 Å². The van der Waals surface area contributed by atoms with Crippen LogP contribution in [-0.4, -0.2) is 29.1 Å². The number of hydrogen-bond donors (Lipinski definition) is 2. The monoisotopic (exact) mass is 414 g/mol. The van der Waals surface area contributed by atoms with E-state index in [-0.39, 0.29) is 24.2 Å². The zero-order valence-electron chi connectivity index (χ0n) is 15.8. The first kappa shape index (κ1) is 19.4. The summed E-state index contributed by atoms with van der Waals surface area (Å²) >= 11 is 6.02. The average Bonchev–Trinajstić information content (AvgIpc) is 2.69. The standard InChI is InChI=1S/C21H20ClFN4O2/c1-12-5-6-14(23)10-17(12)20-16(7-8-18-25-26-19(28)11-27(18)20)21(29)24-15-4-2-3-13(22)9-15/h2-6,9-10,16,20H,7-8,11H2,1H3,(H,24,29)(H,26,28)/t16-,20-/m0/s1. The fourth-order valence-corrected chi connectivity index (χ4v) is 4.17. The van der Waals surface area contributed by atoms with E-state index < -0.39 is 12.0 Å². The van der Waals surface area contributed by atoms with E-state index in [2.05, 4.69) is 15.8 Å². The highest BCUT2D eigenvalue weighted by molar-refractivity contribution is 6.30. The van der Waals surface area contributed by atoms with Crippen molar-refractivity contribution in [3.05, 3.63) is 64.4 Å². The fraction of sp³-hybridized carbons (Fsp3) is 0.286. The molecule has 2 aromatic rings. The summed E-state index contributed by atoms with van der Waals surface area (Å²) in [5, 5.41) is 7.58. The van der Waals surface area contributed by atoms with Crippen LogP contribution < -0.4 is 10.7 Å². The van der Waals surface area contributed by atoms with E-state index in [1.54, 1.807) is 30.3 Å². The highest BCUT2D eigenvalue weighted by atomic mass is 35.5. The number of amidine groups is 1. The molecule has 1 fully saturated rings. The fourth-order valence-electron chi connectivity index (χ4n) is 3.98. The van der Waals surface area contributed by atoms with Gasteiger partial charge >= 0.3 is 0 Å². The number of hydrogen-bond acceptors (Lipinski definition) is 4.